The molecule has 0 aromatic carbocycles. The van der Waals surface area contributed by atoms with E-state index >= 15 is 0 Å². The van der Waals surface area contributed by atoms with Crippen molar-refractivity contribution in [3.8, 4) is 0 Å². The predicted molar refractivity (Wildman–Crippen MR) is 65.7 cm³/mol. The summed E-state index contributed by atoms with van der Waals surface area (Å²) in [7, 11) is -3.13. The third kappa shape index (κ3) is 2.92. The van der Waals surface area contributed by atoms with Crippen LogP contribution in [0, 0.1) is 12.7 Å². The Balaban J connectivity index is 3.82. The van der Waals surface area contributed by atoms with E-state index in [0.717, 1.165) is 13.0 Å². The normalized spacial score (nSPS) is 12.3. The molecule has 0 amide bonds. The Morgan fingerprint density at radius 1 is 1.40 bits per heavy atom. The molecule has 0 radical (unpaired) electrons. The molecular weight excluding hydrogens is 300 g/mol. The lowest BCUT2D eigenvalue weighted by Crippen LogP contribution is -2.20. The molecule has 1 N–H and O–H groups in total. The van der Waals surface area contributed by atoms with Crippen LogP contribution in [0.5, 0.6) is 0 Å². The van der Waals surface area contributed by atoms with Crippen LogP contribution in [0.3, 0.4) is 0 Å². The van der Waals surface area contributed by atoms with Gasteiger partial charge in [-0.05, 0) is 6.92 Å². The van der Waals surface area contributed by atoms with Crippen LogP contribution in [0.1, 0.15) is 11.1 Å². The lowest BCUT2D eigenvalue weighted by atomic mass is 10.1. The molecule has 1 heterocycles. The number of nitrogens with one attached hydrogen (secondary N) is 1. The summed E-state index contributed by atoms with van der Waals surface area (Å²) < 4.78 is 76.3. The first-order valence-electron chi connectivity index (χ1n) is 5.35. The van der Waals surface area contributed by atoms with E-state index in [1.165, 1.54) is 7.05 Å². The van der Waals surface area contributed by atoms with Gasteiger partial charge in [0.25, 0.3) is 0 Å². The Hall–Kier alpha value is -1.64. The largest absolute Gasteiger partial charge is 0.419 e. The highest BCUT2D eigenvalue weighted by Gasteiger charge is 2.41. The quantitative estimate of drug-likeness (QED) is 0.686. The summed E-state index contributed by atoms with van der Waals surface area (Å²) >= 11 is 0. The number of pyridine rings is 1. The van der Waals surface area contributed by atoms with Crippen molar-refractivity contribution in [3.05, 3.63) is 29.6 Å². The van der Waals surface area contributed by atoms with Gasteiger partial charge in [0.2, 0.25) is 0 Å². The van der Waals surface area contributed by atoms with Crippen LogP contribution >= 0.6 is 0 Å². The standard InChI is InChI=1S/C11H12F4N2O2S/c1-4-5-20(18,19)10-7(11(13,14)15)6(2)8(12)9(16-3)17-10/h4H,1,5H2,2-3H3,(H,16,17). The van der Waals surface area contributed by atoms with Gasteiger partial charge in [-0.3, -0.25) is 0 Å². The maximum absolute atomic E-state index is 13.7. The first kappa shape index (κ1) is 16.4. The molecule has 0 spiro atoms. The Labute approximate surface area is 113 Å². The topological polar surface area (TPSA) is 59.1 Å². The van der Waals surface area contributed by atoms with Crippen molar-refractivity contribution >= 4 is 15.7 Å². The SMILES string of the molecule is C=CCS(=O)(=O)c1nc(NC)c(F)c(C)c1C(F)(F)F. The van der Waals surface area contributed by atoms with Gasteiger partial charge in [0, 0.05) is 12.6 Å². The zero-order valence-corrected chi connectivity index (χ0v) is 11.5. The minimum Gasteiger partial charge on any atom is -0.371 e. The Morgan fingerprint density at radius 3 is 2.35 bits per heavy atom. The zero-order chi connectivity index (χ0) is 15.7. The van der Waals surface area contributed by atoms with Gasteiger partial charge in [-0.1, -0.05) is 6.08 Å². The maximum atomic E-state index is 13.7. The summed E-state index contributed by atoms with van der Waals surface area (Å²) in [5, 5.41) is 1.02. The van der Waals surface area contributed by atoms with Crippen molar-refractivity contribution in [2.24, 2.45) is 0 Å². The molecule has 4 nitrogen and oxygen atoms in total. The van der Waals surface area contributed by atoms with E-state index in [2.05, 4.69) is 16.9 Å². The number of sulfone groups is 1. The van der Waals surface area contributed by atoms with E-state index in [1.807, 2.05) is 0 Å². The summed E-state index contributed by atoms with van der Waals surface area (Å²) in [5.41, 5.74) is -2.41. The molecule has 1 rings (SSSR count). The minimum absolute atomic E-state index is 0.557. The van der Waals surface area contributed by atoms with Gasteiger partial charge in [0.05, 0.1) is 11.3 Å². The second-order valence-electron chi connectivity index (χ2n) is 3.90. The van der Waals surface area contributed by atoms with Crippen molar-refractivity contribution in [2.75, 3.05) is 18.1 Å². The molecule has 0 saturated heterocycles. The molecular formula is C11H12F4N2O2S. The number of hydrogen-bond donors (Lipinski definition) is 1. The molecule has 0 aliphatic heterocycles. The van der Waals surface area contributed by atoms with E-state index < -0.39 is 49.6 Å². The number of halogens is 4. The van der Waals surface area contributed by atoms with E-state index in [4.69, 9.17) is 0 Å². The average molecular weight is 312 g/mol. The number of anilines is 1. The van der Waals surface area contributed by atoms with Gasteiger partial charge in [0.15, 0.2) is 26.5 Å². The number of aromatic nitrogens is 1. The molecule has 0 aliphatic rings. The molecule has 0 unspecified atom stereocenters. The fourth-order valence-corrected chi connectivity index (χ4v) is 2.89. The molecule has 0 saturated carbocycles. The summed E-state index contributed by atoms with van der Waals surface area (Å²) in [6.07, 6.45) is -4.09. The Kier molecular flexibility index (Phi) is 4.42. The molecule has 20 heavy (non-hydrogen) atoms. The van der Waals surface area contributed by atoms with Gasteiger partial charge in [-0.25, -0.2) is 17.8 Å². The van der Waals surface area contributed by atoms with Crippen molar-refractivity contribution in [2.45, 2.75) is 18.1 Å². The molecule has 1 aromatic heterocycles. The third-order valence-corrected chi connectivity index (χ3v) is 4.05. The van der Waals surface area contributed by atoms with E-state index in [1.54, 1.807) is 0 Å². The van der Waals surface area contributed by atoms with Gasteiger partial charge in [-0.15, -0.1) is 6.58 Å². The van der Waals surface area contributed by atoms with Gasteiger partial charge < -0.3 is 5.32 Å². The number of hydrogen-bond acceptors (Lipinski definition) is 4. The van der Waals surface area contributed by atoms with Gasteiger partial charge in [-0.2, -0.15) is 13.2 Å². The maximum Gasteiger partial charge on any atom is 0.419 e. The highest BCUT2D eigenvalue weighted by molar-refractivity contribution is 7.91. The third-order valence-electron chi connectivity index (χ3n) is 2.49. The Morgan fingerprint density at radius 2 is 1.95 bits per heavy atom. The van der Waals surface area contributed by atoms with Crippen molar-refractivity contribution in [1.29, 1.82) is 0 Å². The summed E-state index contributed by atoms with van der Waals surface area (Å²) in [6.45, 7) is 4.02. The minimum atomic E-state index is -5.03. The number of rotatable bonds is 4. The zero-order valence-electron chi connectivity index (χ0n) is 10.7. The van der Waals surface area contributed by atoms with E-state index in [9.17, 15) is 26.0 Å². The first-order chi connectivity index (χ1) is 9.06. The van der Waals surface area contributed by atoms with E-state index in [0.29, 0.717) is 0 Å². The van der Waals surface area contributed by atoms with Crippen LogP contribution in [0.15, 0.2) is 17.7 Å². The van der Waals surface area contributed by atoms with Crippen molar-refractivity contribution in [1.82, 2.24) is 4.98 Å². The van der Waals surface area contributed by atoms with Crippen LogP contribution < -0.4 is 5.32 Å². The molecule has 112 valence electrons. The second kappa shape index (κ2) is 5.39. The molecule has 9 heteroatoms. The first-order valence-corrected chi connectivity index (χ1v) is 7.00. The highest BCUT2D eigenvalue weighted by atomic mass is 32.2. The summed E-state index contributed by atoms with van der Waals surface area (Å²) in [4.78, 5) is 3.27. The van der Waals surface area contributed by atoms with Crippen LogP contribution in [0.2, 0.25) is 0 Å². The monoisotopic (exact) mass is 312 g/mol. The van der Waals surface area contributed by atoms with Crippen LogP contribution in [-0.4, -0.2) is 26.2 Å². The lowest BCUT2D eigenvalue weighted by molar-refractivity contribution is -0.141. The molecule has 0 bridgehead atoms. The summed E-state index contributed by atoms with van der Waals surface area (Å²) in [6, 6.07) is 0. The fraction of sp³-hybridized carbons (Fsp3) is 0.364. The van der Waals surface area contributed by atoms with Crippen LogP contribution in [0.4, 0.5) is 23.4 Å². The number of alkyl halides is 3. The van der Waals surface area contributed by atoms with Crippen LogP contribution in [0.25, 0.3) is 0 Å². The van der Waals surface area contributed by atoms with Crippen molar-refractivity contribution in [3.63, 3.8) is 0 Å². The molecule has 0 aliphatic carbocycles. The van der Waals surface area contributed by atoms with Gasteiger partial charge >= 0.3 is 6.18 Å². The van der Waals surface area contributed by atoms with Crippen LogP contribution in [-0.2, 0) is 16.0 Å². The molecule has 0 fully saturated rings. The summed E-state index contributed by atoms with van der Waals surface area (Å²) in [5.74, 6) is -2.52. The van der Waals surface area contributed by atoms with E-state index in [-0.39, 0.29) is 0 Å². The number of nitrogens with zero attached hydrogens (tertiary/aromatic N) is 1. The van der Waals surface area contributed by atoms with Crippen molar-refractivity contribution < 1.29 is 26.0 Å². The van der Waals surface area contributed by atoms with Gasteiger partial charge in [0.1, 0.15) is 0 Å². The molecule has 0 atom stereocenters. The second-order valence-corrected chi connectivity index (χ2v) is 5.85. The molecule has 1 aromatic rings. The predicted octanol–water partition coefficient (Wildman–Crippen LogP) is 2.55. The smallest absolute Gasteiger partial charge is 0.371 e. The lowest BCUT2D eigenvalue weighted by Gasteiger charge is -2.17. The average Bonchev–Trinajstić information content (AvgIpc) is 2.30. The fourth-order valence-electron chi connectivity index (χ4n) is 1.61. The Bertz CT molecular complexity index is 639. The highest BCUT2D eigenvalue weighted by Crippen LogP contribution is 2.38.